The van der Waals surface area contributed by atoms with Crippen LogP contribution in [-0.4, -0.2) is 28.4 Å². The fraction of sp³-hybridized carbons (Fsp3) is 0.429. The molecule has 112 valence electrons. The van der Waals surface area contributed by atoms with Crippen LogP contribution in [0.2, 0.25) is 0 Å². The van der Waals surface area contributed by atoms with E-state index in [-0.39, 0.29) is 11.7 Å². The van der Waals surface area contributed by atoms with Crippen molar-refractivity contribution < 1.29 is 4.79 Å². The number of thiophene rings is 1. The van der Waals surface area contributed by atoms with Crippen molar-refractivity contribution in [2.45, 2.75) is 24.3 Å². The molecule has 0 bridgehead atoms. The number of hydrogen-bond acceptors (Lipinski definition) is 6. The molecule has 7 heteroatoms. The number of nitrogen functional groups attached to an aromatic ring is 1. The third-order valence-electron chi connectivity index (χ3n) is 3.46. The normalized spacial score (nSPS) is 14.3. The van der Waals surface area contributed by atoms with Gasteiger partial charge >= 0.3 is 0 Å². The van der Waals surface area contributed by atoms with Gasteiger partial charge in [0.05, 0.1) is 22.0 Å². The molecule has 2 aromatic rings. The number of ketones is 1. The predicted octanol–water partition coefficient (Wildman–Crippen LogP) is 2.95. The molecule has 0 radical (unpaired) electrons. The molecule has 0 saturated heterocycles. The molecule has 5 nitrogen and oxygen atoms in total. The number of aromatic nitrogens is 2. The summed E-state index contributed by atoms with van der Waals surface area (Å²) in [6, 6.07) is 1.91. The SMILES string of the molecule is CSc1c(NCCn2cccn2)sc(C(=O)C2CC2)c1N. The fourth-order valence-electron chi connectivity index (χ4n) is 2.18. The second-order valence-electron chi connectivity index (χ2n) is 5.04. The van der Waals surface area contributed by atoms with Crippen molar-refractivity contribution in [2.75, 3.05) is 23.9 Å². The Morgan fingerprint density at radius 1 is 1.62 bits per heavy atom. The van der Waals surface area contributed by atoms with Gasteiger partial charge < -0.3 is 11.1 Å². The summed E-state index contributed by atoms with van der Waals surface area (Å²) in [4.78, 5) is 14.0. The number of Topliss-reactive ketones (excluding diaryl/α,β-unsaturated/α-hetero) is 1. The molecule has 2 heterocycles. The summed E-state index contributed by atoms with van der Waals surface area (Å²) in [5.41, 5.74) is 6.80. The first-order chi connectivity index (χ1) is 10.2. The Bertz CT molecular complexity index is 632. The predicted molar refractivity (Wildman–Crippen MR) is 88.3 cm³/mol. The van der Waals surface area contributed by atoms with E-state index in [1.807, 2.05) is 23.2 Å². The zero-order valence-electron chi connectivity index (χ0n) is 11.8. The minimum atomic E-state index is 0.206. The van der Waals surface area contributed by atoms with Crippen LogP contribution in [-0.2, 0) is 6.54 Å². The van der Waals surface area contributed by atoms with E-state index >= 15 is 0 Å². The molecule has 1 aliphatic rings. The van der Waals surface area contributed by atoms with Crippen molar-refractivity contribution in [3.05, 3.63) is 23.3 Å². The summed E-state index contributed by atoms with van der Waals surface area (Å²) in [5.74, 6) is 0.422. The van der Waals surface area contributed by atoms with E-state index in [1.54, 1.807) is 18.0 Å². The minimum Gasteiger partial charge on any atom is -0.396 e. The number of rotatable bonds is 7. The Kier molecular flexibility index (Phi) is 4.21. The van der Waals surface area contributed by atoms with E-state index in [1.165, 1.54) is 11.3 Å². The highest BCUT2D eigenvalue weighted by Crippen LogP contribution is 2.45. The van der Waals surface area contributed by atoms with Crippen molar-refractivity contribution in [3.63, 3.8) is 0 Å². The number of anilines is 2. The molecule has 2 aromatic heterocycles. The van der Waals surface area contributed by atoms with Crippen molar-refractivity contribution in [1.29, 1.82) is 0 Å². The van der Waals surface area contributed by atoms with E-state index in [2.05, 4.69) is 10.4 Å². The van der Waals surface area contributed by atoms with E-state index in [0.717, 1.165) is 40.7 Å². The highest BCUT2D eigenvalue weighted by Gasteiger charge is 2.33. The molecule has 21 heavy (non-hydrogen) atoms. The molecule has 0 atom stereocenters. The summed E-state index contributed by atoms with van der Waals surface area (Å²) in [7, 11) is 0. The van der Waals surface area contributed by atoms with Crippen LogP contribution in [0.25, 0.3) is 0 Å². The summed E-state index contributed by atoms with van der Waals surface area (Å²) in [5, 5.41) is 8.55. The zero-order valence-corrected chi connectivity index (χ0v) is 13.5. The Labute approximate surface area is 131 Å². The van der Waals surface area contributed by atoms with Crippen molar-refractivity contribution in [2.24, 2.45) is 5.92 Å². The molecule has 0 spiro atoms. The highest BCUT2D eigenvalue weighted by molar-refractivity contribution is 7.99. The van der Waals surface area contributed by atoms with Gasteiger partial charge in [-0.15, -0.1) is 23.1 Å². The van der Waals surface area contributed by atoms with E-state index in [9.17, 15) is 4.79 Å². The van der Waals surface area contributed by atoms with Gasteiger partial charge in [0, 0.05) is 24.9 Å². The summed E-state index contributed by atoms with van der Waals surface area (Å²) in [6.07, 6.45) is 7.70. The lowest BCUT2D eigenvalue weighted by Crippen LogP contribution is -2.10. The molecular weight excluding hydrogens is 304 g/mol. The number of hydrogen-bond donors (Lipinski definition) is 2. The Morgan fingerprint density at radius 2 is 2.43 bits per heavy atom. The van der Waals surface area contributed by atoms with Gasteiger partial charge in [0.1, 0.15) is 5.00 Å². The lowest BCUT2D eigenvalue weighted by atomic mass is 10.2. The van der Waals surface area contributed by atoms with Crippen molar-refractivity contribution in [3.8, 4) is 0 Å². The second-order valence-corrected chi connectivity index (χ2v) is 6.88. The number of nitrogens with one attached hydrogen (secondary N) is 1. The van der Waals surface area contributed by atoms with Crippen LogP contribution in [0.3, 0.4) is 0 Å². The quantitative estimate of drug-likeness (QED) is 0.605. The smallest absolute Gasteiger partial charge is 0.178 e. The number of nitrogens with zero attached hydrogens (tertiary/aromatic N) is 2. The number of thioether (sulfide) groups is 1. The van der Waals surface area contributed by atoms with Crippen molar-refractivity contribution in [1.82, 2.24) is 9.78 Å². The van der Waals surface area contributed by atoms with Crippen LogP contribution >= 0.6 is 23.1 Å². The maximum absolute atomic E-state index is 12.2. The molecule has 0 unspecified atom stereocenters. The lowest BCUT2D eigenvalue weighted by Gasteiger charge is -2.06. The average Bonchev–Trinajstić information content (AvgIpc) is 3.11. The first-order valence-electron chi connectivity index (χ1n) is 6.92. The van der Waals surface area contributed by atoms with Gasteiger partial charge in [-0.3, -0.25) is 9.48 Å². The maximum Gasteiger partial charge on any atom is 0.178 e. The fourth-order valence-corrected chi connectivity index (χ4v) is 4.26. The van der Waals surface area contributed by atoms with Crippen LogP contribution < -0.4 is 11.1 Å². The van der Waals surface area contributed by atoms with E-state index in [0.29, 0.717) is 5.69 Å². The van der Waals surface area contributed by atoms with Crippen molar-refractivity contribution >= 4 is 39.6 Å². The van der Waals surface area contributed by atoms with Gasteiger partial charge in [-0.1, -0.05) is 0 Å². The largest absolute Gasteiger partial charge is 0.396 e. The molecule has 1 fully saturated rings. The molecule has 0 aliphatic heterocycles. The molecule has 0 amide bonds. The number of carbonyl (C=O) groups excluding carboxylic acids is 1. The van der Waals surface area contributed by atoms with Gasteiger partial charge in [0.2, 0.25) is 0 Å². The zero-order chi connectivity index (χ0) is 14.8. The number of nitrogens with two attached hydrogens (primary N) is 1. The van der Waals surface area contributed by atoms with Crippen LogP contribution in [0.1, 0.15) is 22.5 Å². The van der Waals surface area contributed by atoms with Crippen LogP contribution in [0.15, 0.2) is 23.4 Å². The van der Waals surface area contributed by atoms with Gasteiger partial charge in [0.25, 0.3) is 0 Å². The van der Waals surface area contributed by atoms with E-state index < -0.39 is 0 Å². The highest BCUT2D eigenvalue weighted by atomic mass is 32.2. The van der Waals surface area contributed by atoms with Gasteiger partial charge in [-0.05, 0) is 25.2 Å². The van der Waals surface area contributed by atoms with Gasteiger partial charge in [-0.2, -0.15) is 5.10 Å². The third-order valence-corrected chi connectivity index (χ3v) is 5.60. The molecule has 1 aliphatic carbocycles. The maximum atomic E-state index is 12.2. The molecular formula is C14H18N4OS2. The standard InChI is InChI=1S/C14H18N4OS2/c1-20-13-10(15)12(11(19)9-3-4-9)21-14(13)16-6-8-18-7-2-5-17-18/h2,5,7,9,16H,3-4,6,8,15H2,1H3. The topological polar surface area (TPSA) is 72.9 Å². The van der Waals surface area contributed by atoms with Crippen LogP contribution in [0.4, 0.5) is 10.7 Å². The number of carbonyl (C=O) groups is 1. The van der Waals surface area contributed by atoms with E-state index in [4.69, 9.17) is 5.73 Å². The Hall–Kier alpha value is -1.47. The molecule has 1 saturated carbocycles. The summed E-state index contributed by atoms with van der Waals surface area (Å²) >= 11 is 3.08. The first-order valence-corrected chi connectivity index (χ1v) is 8.96. The van der Waals surface area contributed by atoms with Gasteiger partial charge in [-0.25, -0.2) is 0 Å². The monoisotopic (exact) mass is 322 g/mol. The summed E-state index contributed by atoms with van der Waals surface area (Å²) < 4.78 is 1.87. The Morgan fingerprint density at radius 3 is 3.05 bits per heavy atom. The van der Waals surface area contributed by atoms with Crippen LogP contribution in [0, 0.1) is 5.92 Å². The molecule has 0 aromatic carbocycles. The lowest BCUT2D eigenvalue weighted by molar-refractivity contribution is 0.0972. The van der Waals surface area contributed by atoms with Gasteiger partial charge in [0.15, 0.2) is 5.78 Å². The minimum absolute atomic E-state index is 0.206. The second kappa shape index (κ2) is 6.11. The molecule has 3 rings (SSSR count). The molecule has 3 N–H and O–H groups in total. The Balaban J connectivity index is 1.71. The third kappa shape index (κ3) is 3.08. The first kappa shape index (κ1) is 14.5. The summed E-state index contributed by atoms with van der Waals surface area (Å²) in [6.45, 7) is 1.54. The average molecular weight is 322 g/mol. The van der Waals surface area contributed by atoms with Crippen LogP contribution in [0.5, 0.6) is 0 Å².